The zero-order chi connectivity index (χ0) is 13.5. The quantitative estimate of drug-likeness (QED) is 0.676. The van der Waals surface area contributed by atoms with Crippen LogP contribution in [0, 0.1) is 6.92 Å². The largest absolute Gasteiger partial charge is 0.398 e. The van der Waals surface area contributed by atoms with E-state index >= 15 is 0 Å². The van der Waals surface area contributed by atoms with Crippen LogP contribution in [0.4, 0.5) is 5.69 Å². The minimum absolute atomic E-state index is 0.0741. The number of anilines is 1. The Morgan fingerprint density at radius 2 is 2.00 bits per heavy atom. The molecule has 0 saturated carbocycles. The number of aryl methyl sites for hydroxylation is 1. The van der Waals surface area contributed by atoms with Crippen molar-refractivity contribution in [3.05, 3.63) is 29.3 Å². The van der Waals surface area contributed by atoms with Gasteiger partial charge < -0.3 is 16.4 Å². The first-order valence-electron chi connectivity index (χ1n) is 5.96. The summed E-state index contributed by atoms with van der Waals surface area (Å²) in [6, 6.07) is 5.30. The molecule has 18 heavy (non-hydrogen) atoms. The van der Waals surface area contributed by atoms with Crippen molar-refractivity contribution in [3.8, 4) is 0 Å². The highest BCUT2D eigenvalue weighted by atomic mass is 16.2. The molecule has 0 bridgehead atoms. The zero-order valence-corrected chi connectivity index (χ0v) is 10.7. The molecule has 0 heterocycles. The molecule has 0 atom stereocenters. The van der Waals surface area contributed by atoms with Gasteiger partial charge in [0.05, 0.1) is 5.56 Å². The van der Waals surface area contributed by atoms with Gasteiger partial charge in [-0.25, -0.2) is 0 Å². The van der Waals surface area contributed by atoms with Crippen LogP contribution < -0.4 is 16.4 Å². The second-order valence-electron chi connectivity index (χ2n) is 4.00. The van der Waals surface area contributed by atoms with Gasteiger partial charge in [-0.1, -0.05) is 12.1 Å². The van der Waals surface area contributed by atoms with Crippen LogP contribution in [0.2, 0.25) is 0 Å². The normalized spacial score (nSPS) is 9.89. The number of benzene rings is 1. The molecule has 2 amide bonds. The average molecular weight is 249 g/mol. The fourth-order valence-electron chi connectivity index (χ4n) is 1.55. The highest BCUT2D eigenvalue weighted by Gasteiger charge is 2.10. The lowest BCUT2D eigenvalue weighted by atomic mass is 10.1. The van der Waals surface area contributed by atoms with Gasteiger partial charge in [0.2, 0.25) is 5.91 Å². The molecule has 0 spiro atoms. The van der Waals surface area contributed by atoms with Gasteiger partial charge in [0.25, 0.3) is 5.91 Å². The number of carbonyl (C=O) groups is 2. The molecule has 0 aromatic heterocycles. The van der Waals surface area contributed by atoms with Crippen molar-refractivity contribution in [2.24, 2.45) is 0 Å². The highest BCUT2D eigenvalue weighted by molar-refractivity contribution is 5.99. The number of hydrogen-bond donors (Lipinski definition) is 3. The van der Waals surface area contributed by atoms with Crippen molar-refractivity contribution in [3.63, 3.8) is 0 Å². The van der Waals surface area contributed by atoms with Crippen LogP contribution in [0.25, 0.3) is 0 Å². The molecule has 0 fully saturated rings. The van der Waals surface area contributed by atoms with Crippen LogP contribution in [0.3, 0.4) is 0 Å². The summed E-state index contributed by atoms with van der Waals surface area (Å²) in [4.78, 5) is 23.0. The average Bonchev–Trinajstić information content (AvgIpc) is 2.33. The standard InChI is InChI=1S/C13H19N3O2/c1-3-15-11(17)7-8-16-13(18)10-6-4-5-9(2)12(10)14/h4-6H,3,7-8,14H2,1-2H3,(H,15,17)(H,16,18). The molecule has 0 aliphatic rings. The number of hydrogen-bond acceptors (Lipinski definition) is 3. The molecule has 0 radical (unpaired) electrons. The van der Waals surface area contributed by atoms with Crippen LogP contribution in [0.5, 0.6) is 0 Å². The molecule has 0 aliphatic carbocycles. The Kier molecular flexibility index (Phi) is 5.17. The Balaban J connectivity index is 2.51. The van der Waals surface area contributed by atoms with Crippen molar-refractivity contribution in [2.45, 2.75) is 20.3 Å². The molecule has 0 saturated heterocycles. The Morgan fingerprint density at radius 1 is 1.28 bits per heavy atom. The molecule has 1 aromatic carbocycles. The molecule has 1 rings (SSSR count). The number of rotatable bonds is 5. The Bertz CT molecular complexity index is 444. The van der Waals surface area contributed by atoms with Gasteiger partial charge in [0.15, 0.2) is 0 Å². The van der Waals surface area contributed by atoms with Crippen LogP contribution in [0.15, 0.2) is 18.2 Å². The van der Waals surface area contributed by atoms with Gasteiger partial charge in [-0.2, -0.15) is 0 Å². The Morgan fingerprint density at radius 3 is 2.67 bits per heavy atom. The number of nitrogens with two attached hydrogens (primary N) is 1. The lowest BCUT2D eigenvalue weighted by Crippen LogP contribution is -2.31. The number of nitrogen functional groups attached to an aromatic ring is 1. The predicted octanol–water partition coefficient (Wildman–Crippen LogP) is 0.833. The lowest BCUT2D eigenvalue weighted by molar-refractivity contribution is -0.120. The molecule has 5 heteroatoms. The third-order valence-electron chi connectivity index (χ3n) is 2.58. The van der Waals surface area contributed by atoms with Crippen LogP contribution >= 0.6 is 0 Å². The number of amides is 2. The van der Waals surface area contributed by atoms with Crippen molar-refractivity contribution in [1.82, 2.24) is 10.6 Å². The highest BCUT2D eigenvalue weighted by Crippen LogP contribution is 2.15. The van der Waals surface area contributed by atoms with Crippen molar-refractivity contribution >= 4 is 17.5 Å². The van der Waals surface area contributed by atoms with E-state index in [9.17, 15) is 9.59 Å². The van der Waals surface area contributed by atoms with E-state index in [0.717, 1.165) is 5.56 Å². The van der Waals surface area contributed by atoms with E-state index in [0.29, 0.717) is 24.3 Å². The minimum atomic E-state index is -0.250. The summed E-state index contributed by atoms with van der Waals surface area (Å²) < 4.78 is 0. The maximum Gasteiger partial charge on any atom is 0.253 e. The third kappa shape index (κ3) is 3.76. The van der Waals surface area contributed by atoms with Gasteiger partial charge in [-0.3, -0.25) is 9.59 Å². The molecule has 0 aliphatic heterocycles. The second-order valence-corrected chi connectivity index (χ2v) is 4.00. The minimum Gasteiger partial charge on any atom is -0.398 e. The first-order chi connectivity index (χ1) is 8.56. The lowest BCUT2D eigenvalue weighted by Gasteiger charge is -2.09. The summed E-state index contributed by atoms with van der Waals surface area (Å²) in [6.45, 7) is 4.60. The fourth-order valence-corrected chi connectivity index (χ4v) is 1.55. The third-order valence-corrected chi connectivity index (χ3v) is 2.58. The van der Waals surface area contributed by atoms with E-state index < -0.39 is 0 Å². The Labute approximate surface area is 107 Å². The van der Waals surface area contributed by atoms with E-state index in [1.807, 2.05) is 19.9 Å². The molecular formula is C13H19N3O2. The van der Waals surface area contributed by atoms with Crippen molar-refractivity contribution in [1.29, 1.82) is 0 Å². The first kappa shape index (κ1) is 14.0. The first-order valence-corrected chi connectivity index (χ1v) is 5.96. The van der Waals surface area contributed by atoms with Crippen LogP contribution in [-0.2, 0) is 4.79 Å². The topological polar surface area (TPSA) is 84.2 Å². The fraction of sp³-hybridized carbons (Fsp3) is 0.385. The summed E-state index contributed by atoms with van der Waals surface area (Å²) in [7, 11) is 0. The summed E-state index contributed by atoms with van der Waals surface area (Å²) in [6.07, 6.45) is 0.269. The molecule has 4 N–H and O–H groups in total. The summed E-state index contributed by atoms with van der Waals surface area (Å²) in [5.74, 6) is -0.324. The number of nitrogens with one attached hydrogen (secondary N) is 2. The summed E-state index contributed by atoms with van der Waals surface area (Å²) >= 11 is 0. The SMILES string of the molecule is CCNC(=O)CCNC(=O)c1cccc(C)c1N. The van der Waals surface area contributed by atoms with Gasteiger partial charge in [0, 0.05) is 25.2 Å². The van der Waals surface area contributed by atoms with Crippen LogP contribution in [0.1, 0.15) is 29.3 Å². The van der Waals surface area contributed by atoms with Gasteiger partial charge >= 0.3 is 0 Å². The number of para-hydroxylation sites is 1. The molecule has 98 valence electrons. The van der Waals surface area contributed by atoms with Gasteiger partial charge in [-0.05, 0) is 25.5 Å². The van der Waals surface area contributed by atoms with Crippen molar-refractivity contribution < 1.29 is 9.59 Å². The summed E-state index contributed by atoms with van der Waals surface area (Å²) in [5, 5.41) is 5.34. The van der Waals surface area contributed by atoms with Gasteiger partial charge in [0.1, 0.15) is 0 Å². The van der Waals surface area contributed by atoms with E-state index in [2.05, 4.69) is 10.6 Å². The summed E-state index contributed by atoms with van der Waals surface area (Å²) in [5.41, 5.74) is 7.62. The second kappa shape index (κ2) is 6.64. The van der Waals surface area contributed by atoms with E-state index in [1.165, 1.54) is 0 Å². The molecular weight excluding hydrogens is 230 g/mol. The van der Waals surface area contributed by atoms with E-state index in [4.69, 9.17) is 5.73 Å². The van der Waals surface area contributed by atoms with Crippen LogP contribution in [-0.4, -0.2) is 24.9 Å². The monoisotopic (exact) mass is 249 g/mol. The van der Waals surface area contributed by atoms with E-state index in [-0.39, 0.29) is 18.2 Å². The van der Waals surface area contributed by atoms with Crippen molar-refractivity contribution in [2.75, 3.05) is 18.8 Å². The predicted molar refractivity (Wildman–Crippen MR) is 71.2 cm³/mol. The molecule has 0 unspecified atom stereocenters. The molecule has 1 aromatic rings. The zero-order valence-electron chi connectivity index (χ0n) is 10.7. The smallest absolute Gasteiger partial charge is 0.253 e. The Hall–Kier alpha value is -2.04. The maximum absolute atomic E-state index is 11.8. The number of carbonyl (C=O) groups excluding carboxylic acids is 2. The van der Waals surface area contributed by atoms with E-state index in [1.54, 1.807) is 12.1 Å². The molecule has 5 nitrogen and oxygen atoms in total. The van der Waals surface area contributed by atoms with Gasteiger partial charge in [-0.15, -0.1) is 0 Å². The maximum atomic E-state index is 11.8.